The Morgan fingerprint density at radius 2 is 1.77 bits per heavy atom. The molecule has 0 unspecified atom stereocenters. The first-order valence-electron chi connectivity index (χ1n) is 6.90. The van der Waals surface area contributed by atoms with Gasteiger partial charge in [0.05, 0.1) is 10.7 Å². The van der Waals surface area contributed by atoms with Crippen molar-refractivity contribution in [1.82, 2.24) is 0 Å². The Morgan fingerprint density at radius 3 is 2.45 bits per heavy atom. The van der Waals surface area contributed by atoms with Gasteiger partial charge in [-0.05, 0) is 70.7 Å². The molecule has 2 aromatic carbocycles. The molecule has 2 rings (SSSR count). The van der Waals surface area contributed by atoms with E-state index in [1.54, 1.807) is 0 Å². The second-order valence-electron chi connectivity index (χ2n) is 4.90. The van der Waals surface area contributed by atoms with E-state index in [0.717, 1.165) is 27.1 Å². The monoisotopic (exact) mass is 363 g/mol. The number of oxime groups is 1. The lowest BCUT2D eigenvalue weighted by atomic mass is 10.1. The number of benzene rings is 2. The van der Waals surface area contributed by atoms with Crippen LogP contribution in [0.1, 0.15) is 16.7 Å². The number of ether oxygens (including phenoxy) is 2. The standard InChI is InChI=1S/C17H18BrNO3/c1-12-3-4-13(2)17(9-12)22-8-7-21-16-6-5-14(11-19-20)10-15(16)18/h3-6,9-11,20H,7-8H2,1-2H3. The molecule has 0 aliphatic heterocycles. The fourth-order valence-corrected chi connectivity index (χ4v) is 2.46. The summed E-state index contributed by atoms with van der Waals surface area (Å²) in [5.74, 6) is 1.61. The van der Waals surface area contributed by atoms with Gasteiger partial charge in [0.1, 0.15) is 24.7 Å². The number of halogens is 1. The minimum atomic E-state index is 0.444. The smallest absolute Gasteiger partial charge is 0.133 e. The normalized spacial score (nSPS) is 10.9. The second-order valence-corrected chi connectivity index (χ2v) is 5.75. The van der Waals surface area contributed by atoms with Gasteiger partial charge in [0.15, 0.2) is 0 Å². The first-order valence-corrected chi connectivity index (χ1v) is 7.69. The Balaban J connectivity index is 1.87. The molecule has 116 valence electrons. The van der Waals surface area contributed by atoms with Gasteiger partial charge in [-0.1, -0.05) is 17.3 Å². The lowest BCUT2D eigenvalue weighted by Gasteiger charge is -2.12. The molecular formula is C17H18BrNO3. The van der Waals surface area contributed by atoms with Crippen molar-refractivity contribution in [2.24, 2.45) is 5.16 Å². The molecule has 0 fully saturated rings. The topological polar surface area (TPSA) is 51.0 Å². The molecule has 0 amide bonds. The van der Waals surface area contributed by atoms with Crippen LogP contribution < -0.4 is 9.47 Å². The van der Waals surface area contributed by atoms with Gasteiger partial charge in [0.2, 0.25) is 0 Å². The van der Waals surface area contributed by atoms with Gasteiger partial charge in [-0.2, -0.15) is 0 Å². The van der Waals surface area contributed by atoms with E-state index in [4.69, 9.17) is 14.7 Å². The van der Waals surface area contributed by atoms with Crippen LogP contribution >= 0.6 is 15.9 Å². The van der Waals surface area contributed by atoms with Crippen LogP contribution in [0.4, 0.5) is 0 Å². The maximum Gasteiger partial charge on any atom is 0.133 e. The van der Waals surface area contributed by atoms with Crippen molar-refractivity contribution in [2.45, 2.75) is 13.8 Å². The fourth-order valence-electron chi connectivity index (χ4n) is 1.95. The lowest BCUT2D eigenvalue weighted by Crippen LogP contribution is -2.10. The highest BCUT2D eigenvalue weighted by molar-refractivity contribution is 9.10. The average Bonchev–Trinajstić information content (AvgIpc) is 2.49. The summed E-state index contributed by atoms with van der Waals surface area (Å²) in [6.07, 6.45) is 1.36. The third kappa shape index (κ3) is 4.49. The van der Waals surface area contributed by atoms with Crippen molar-refractivity contribution < 1.29 is 14.7 Å². The zero-order valence-electron chi connectivity index (χ0n) is 12.5. The van der Waals surface area contributed by atoms with Gasteiger partial charge in [-0.3, -0.25) is 0 Å². The van der Waals surface area contributed by atoms with Crippen molar-refractivity contribution in [3.8, 4) is 11.5 Å². The van der Waals surface area contributed by atoms with Crippen molar-refractivity contribution in [3.05, 3.63) is 57.6 Å². The zero-order valence-corrected chi connectivity index (χ0v) is 14.1. The molecular weight excluding hydrogens is 346 g/mol. The summed E-state index contributed by atoms with van der Waals surface area (Å²) in [4.78, 5) is 0. The van der Waals surface area contributed by atoms with Crippen molar-refractivity contribution >= 4 is 22.1 Å². The molecule has 0 heterocycles. The molecule has 0 spiro atoms. The summed E-state index contributed by atoms with van der Waals surface area (Å²) in [5.41, 5.74) is 3.07. The Hall–Kier alpha value is -2.01. The van der Waals surface area contributed by atoms with E-state index in [1.807, 2.05) is 44.2 Å². The van der Waals surface area contributed by atoms with Gasteiger partial charge in [0, 0.05) is 0 Å². The quantitative estimate of drug-likeness (QED) is 0.359. The van der Waals surface area contributed by atoms with Gasteiger partial charge in [0.25, 0.3) is 0 Å². The Bertz CT molecular complexity index is 671. The van der Waals surface area contributed by atoms with Gasteiger partial charge in [-0.25, -0.2) is 0 Å². The van der Waals surface area contributed by atoms with E-state index in [0.29, 0.717) is 13.2 Å². The summed E-state index contributed by atoms with van der Waals surface area (Å²) >= 11 is 3.43. The fraction of sp³-hybridized carbons (Fsp3) is 0.235. The van der Waals surface area contributed by atoms with E-state index in [9.17, 15) is 0 Å². The van der Waals surface area contributed by atoms with Gasteiger partial charge >= 0.3 is 0 Å². The van der Waals surface area contributed by atoms with Gasteiger partial charge < -0.3 is 14.7 Å². The summed E-state index contributed by atoms with van der Waals surface area (Å²) in [6.45, 7) is 4.97. The van der Waals surface area contributed by atoms with Crippen LogP contribution in [-0.4, -0.2) is 24.6 Å². The minimum absolute atomic E-state index is 0.444. The molecule has 22 heavy (non-hydrogen) atoms. The molecule has 0 aliphatic rings. The Labute approximate surface area is 138 Å². The molecule has 0 aliphatic carbocycles. The molecule has 0 bridgehead atoms. The third-order valence-corrected chi connectivity index (χ3v) is 3.72. The second kappa shape index (κ2) is 7.84. The van der Waals surface area contributed by atoms with E-state index in [2.05, 4.69) is 27.2 Å². The molecule has 2 aromatic rings. The number of hydrogen-bond donors (Lipinski definition) is 1. The Morgan fingerprint density at radius 1 is 1.05 bits per heavy atom. The van der Waals surface area contributed by atoms with E-state index >= 15 is 0 Å². The number of aryl methyl sites for hydroxylation is 2. The summed E-state index contributed by atoms with van der Waals surface area (Å²) in [7, 11) is 0. The molecule has 0 saturated carbocycles. The lowest BCUT2D eigenvalue weighted by molar-refractivity contribution is 0.215. The molecule has 0 radical (unpaired) electrons. The average molecular weight is 364 g/mol. The van der Waals surface area contributed by atoms with E-state index in [-0.39, 0.29) is 0 Å². The van der Waals surface area contributed by atoms with Crippen molar-refractivity contribution in [1.29, 1.82) is 0 Å². The van der Waals surface area contributed by atoms with Crippen LogP contribution in [-0.2, 0) is 0 Å². The van der Waals surface area contributed by atoms with Crippen LogP contribution in [0.25, 0.3) is 0 Å². The first-order chi connectivity index (χ1) is 10.6. The predicted octanol–water partition coefficient (Wildman–Crippen LogP) is 4.33. The number of rotatable bonds is 6. The molecule has 0 saturated heterocycles. The number of nitrogens with zero attached hydrogens (tertiary/aromatic N) is 1. The number of hydrogen-bond acceptors (Lipinski definition) is 4. The Kier molecular flexibility index (Phi) is 5.83. The first kappa shape index (κ1) is 16.4. The molecule has 1 N–H and O–H groups in total. The molecule has 0 aromatic heterocycles. The molecule has 0 atom stereocenters. The van der Waals surface area contributed by atoms with E-state index < -0.39 is 0 Å². The summed E-state index contributed by atoms with van der Waals surface area (Å²) in [5, 5.41) is 11.5. The van der Waals surface area contributed by atoms with Crippen LogP contribution in [0.3, 0.4) is 0 Å². The maximum atomic E-state index is 8.51. The molecule has 5 heteroatoms. The molecule has 4 nitrogen and oxygen atoms in total. The minimum Gasteiger partial charge on any atom is -0.490 e. The van der Waals surface area contributed by atoms with Crippen LogP contribution in [0.5, 0.6) is 11.5 Å². The van der Waals surface area contributed by atoms with E-state index in [1.165, 1.54) is 11.8 Å². The largest absolute Gasteiger partial charge is 0.490 e. The van der Waals surface area contributed by atoms with Gasteiger partial charge in [-0.15, -0.1) is 0 Å². The maximum absolute atomic E-state index is 8.51. The highest BCUT2D eigenvalue weighted by Gasteiger charge is 2.03. The van der Waals surface area contributed by atoms with Crippen LogP contribution in [0.15, 0.2) is 46.0 Å². The summed E-state index contributed by atoms with van der Waals surface area (Å²) in [6, 6.07) is 11.6. The van der Waals surface area contributed by atoms with Crippen molar-refractivity contribution in [3.63, 3.8) is 0 Å². The van der Waals surface area contributed by atoms with Crippen LogP contribution in [0, 0.1) is 13.8 Å². The zero-order chi connectivity index (χ0) is 15.9. The highest BCUT2D eigenvalue weighted by Crippen LogP contribution is 2.25. The highest BCUT2D eigenvalue weighted by atomic mass is 79.9. The van der Waals surface area contributed by atoms with Crippen molar-refractivity contribution in [2.75, 3.05) is 13.2 Å². The summed E-state index contributed by atoms with van der Waals surface area (Å²) < 4.78 is 12.2. The van der Waals surface area contributed by atoms with Crippen LogP contribution in [0.2, 0.25) is 0 Å². The SMILES string of the molecule is Cc1ccc(C)c(OCCOc2ccc(C=NO)cc2Br)c1. The predicted molar refractivity (Wildman–Crippen MR) is 90.4 cm³/mol. The third-order valence-electron chi connectivity index (χ3n) is 3.10.